The molecule has 6 heteroatoms. The SMILES string of the molecule is CCCCCCCCc1nc2sc3c(c2c(=O)n1N)CC(C)(C)OC3. The van der Waals surface area contributed by atoms with Crippen LogP contribution in [-0.4, -0.2) is 15.3 Å². The highest BCUT2D eigenvalue weighted by Gasteiger charge is 2.31. The smallest absolute Gasteiger partial charge is 0.280 e. The van der Waals surface area contributed by atoms with Crippen LogP contribution >= 0.6 is 11.3 Å². The van der Waals surface area contributed by atoms with Crippen molar-refractivity contribution in [3.05, 3.63) is 26.6 Å². The number of nitrogen functional groups attached to an aromatic ring is 1. The molecule has 3 rings (SSSR count). The van der Waals surface area contributed by atoms with Gasteiger partial charge >= 0.3 is 0 Å². The van der Waals surface area contributed by atoms with Gasteiger partial charge in [-0.05, 0) is 25.8 Å². The zero-order valence-electron chi connectivity index (χ0n) is 15.6. The lowest BCUT2D eigenvalue weighted by molar-refractivity contribution is -0.0379. The van der Waals surface area contributed by atoms with Crippen molar-refractivity contribution < 1.29 is 4.74 Å². The molecule has 0 radical (unpaired) electrons. The van der Waals surface area contributed by atoms with E-state index in [4.69, 9.17) is 15.6 Å². The monoisotopic (exact) mass is 363 g/mol. The molecule has 1 aliphatic rings. The molecule has 0 saturated heterocycles. The summed E-state index contributed by atoms with van der Waals surface area (Å²) in [5.41, 5.74) is 0.726. The summed E-state index contributed by atoms with van der Waals surface area (Å²) in [6.45, 7) is 6.89. The Bertz CT molecular complexity index is 807. The van der Waals surface area contributed by atoms with E-state index in [0.717, 1.165) is 41.0 Å². The van der Waals surface area contributed by atoms with E-state index >= 15 is 0 Å². The van der Waals surface area contributed by atoms with Gasteiger partial charge < -0.3 is 10.6 Å². The first-order chi connectivity index (χ1) is 11.9. The minimum Gasteiger partial charge on any atom is -0.370 e. The molecule has 2 N–H and O–H groups in total. The Morgan fingerprint density at radius 2 is 1.96 bits per heavy atom. The maximum Gasteiger partial charge on any atom is 0.280 e. The lowest BCUT2D eigenvalue weighted by Gasteiger charge is -2.29. The summed E-state index contributed by atoms with van der Waals surface area (Å²) in [5.74, 6) is 6.79. The number of fused-ring (bicyclic) bond motifs is 3. The van der Waals surface area contributed by atoms with E-state index < -0.39 is 0 Å². The van der Waals surface area contributed by atoms with E-state index in [1.807, 2.05) is 0 Å². The zero-order valence-corrected chi connectivity index (χ0v) is 16.4. The van der Waals surface area contributed by atoms with E-state index in [1.165, 1.54) is 30.4 Å². The predicted octanol–water partition coefficient (Wildman–Crippen LogP) is 3.93. The Morgan fingerprint density at radius 1 is 1.24 bits per heavy atom. The van der Waals surface area contributed by atoms with Gasteiger partial charge in [0.25, 0.3) is 5.56 Å². The lowest BCUT2D eigenvalue weighted by Crippen LogP contribution is -2.34. The largest absolute Gasteiger partial charge is 0.370 e. The van der Waals surface area contributed by atoms with Gasteiger partial charge in [-0.1, -0.05) is 39.0 Å². The molecular weight excluding hydrogens is 334 g/mol. The Hall–Kier alpha value is -1.40. The van der Waals surface area contributed by atoms with Crippen LogP contribution in [0, 0.1) is 0 Å². The second-order valence-electron chi connectivity index (χ2n) is 7.63. The van der Waals surface area contributed by atoms with Gasteiger partial charge in [0, 0.05) is 17.7 Å². The van der Waals surface area contributed by atoms with Crippen molar-refractivity contribution in [3.63, 3.8) is 0 Å². The maximum atomic E-state index is 12.8. The molecule has 25 heavy (non-hydrogen) atoms. The average Bonchev–Trinajstić information content (AvgIpc) is 2.91. The van der Waals surface area contributed by atoms with Crippen molar-refractivity contribution in [2.45, 2.75) is 84.3 Å². The van der Waals surface area contributed by atoms with E-state index in [9.17, 15) is 4.79 Å². The fourth-order valence-electron chi connectivity index (χ4n) is 3.49. The highest BCUT2D eigenvalue weighted by atomic mass is 32.1. The number of hydrogen-bond acceptors (Lipinski definition) is 5. The quantitative estimate of drug-likeness (QED) is 0.598. The van der Waals surface area contributed by atoms with Crippen LogP contribution in [0.3, 0.4) is 0 Å². The first-order valence-electron chi connectivity index (χ1n) is 9.38. The van der Waals surface area contributed by atoms with Crippen LogP contribution in [0.1, 0.15) is 75.6 Å². The van der Waals surface area contributed by atoms with Crippen LogP contribution in [0.25, 0.3) is 10.2 Å². The fourth-order valence-corrected chi connectivity index (χ4v) is 4.60. The summed E-state index contributed by atoms with van der Waals surface area (Å²) in [6.07, 6.45) is 8.76. The normalized spacial score (nSPS) is 16.3. The number of unbranched alkanes of at least 4 members (excludes halogenated alkanes) is 5. The second-order valence-corrected chi connectivity index (χ2v) is 8.71. The van der Waals surface area contributed by atoms with E-state index in [0.29, 0.717) is 17.8 Å². The summed E-state index contributed by atoms with van der Waals surface area (Å²) < 4.78 is 7.14. The molecule has 0 saturated carbocycles. The minimum absolute atomic E-state index is 0.110. The van der Waals surface area contributed by atoms with Crippen molar-refractivity contribution >= 4 is 21.6 Å². The van der Waals surface area contributed by atoms with Crippen molar-refractivity contribution in [1.82, 2.24) is 9.66 Å². The molecule has 2 aromatic rings. The topological polar surface area (TPSA) is 70.1 Å². The second kappa shape index (κ2) is 7.46. The van der Waals surface area contributed by atoms with Gasteiger partial charge in [0.2, 0.25) is 0 Å². The molecule has 0 atom stereocenters. The van der Waals surface area contributed by atoms with Crippen LogP contribution in [0.15, 0.2) is 4.79 Å². The molecule has 0 spiro atoms. The lowest BCUT2D eigenvalue weighted by atomic mass is 9.94. The number of aromatic nitrogens is 2. The Kier molecular flexibility index (Phi) is 5.49. The summed E-state index contributed by atoms with van der Waals surface area (Å²) >= 11 is 1.58. The summed E-state index contributed by atoms with van der Waals surface area (Å²) in [6, 6.07) is 0. The molecule has 0 aromatic carbocycles. The first-order valence-corrected chi connectivity index (χ1v) is 10.2. The van der Waals surface area contributed by atoms with Gasteiger partial charge in [0.05, 0.1) is 17.6 Å². The summed E-state index contributed by atoms with van der Waals surface area (Å²) in [4.78, 5) is 19.5. The van der Waals surface area contributed by atoms with Crippen LogP contribution < -0.4 is 11.4 Å². The number of aryl methyl sites for hydroxylation is 1. The molecular formula is C19H29N3O2S. The number of nitrogens with zero attached hydrogens (tertiary/aromatic N) is 2. The van der Waals surface area contributed by atoms with Gasteiger partial charge in [-0.25, -0.2) is 9.66 Å². The van der Waals surface area contributed by atoms with Crippen molar-refractivity contribution in [3.8, 4) is 0 Å². The molecule has 0 unspecified atom stereocenters. The molecule has 0 fully saturated rings. The highest BCUT2D eigenvalue weighted by Crippen LogP contribution is 2.36. The molecule has 3 heterocycles. The van der Waals surface area contributed by atoms with Gasteiger partial charge in [-0.3, -0.25) is 4.79 Å². The molecule has 1 aliphatic heterocycles. The van der Waals surface area contributed by atoms with E-state index in [-0.39, 0.29) is 11.2 Å². The van der Waals surface area contributed by atoms with E-state index in [2.05, 4.69) is 20.8 Å². The Balaban J connectivity index is 1.81. The number of rotatable bonds is 7. The molecule has 0 bridgehead atoms. The average molecular weight is 364 g/mol. The fraction of sp³-hybridized carbons (Fsp3) is 0.684. The molecule has 138 valence electrons. The number of ether oxygens (including phenoxy) is 1. The predicted molar refractivity (Wildman–Crippen MR) is 104 cm³/mol. The summed E-state index contributed by atoms with van der Waals surface area (Å²) in [7, 11) is 0. The third-order valence-electron chi connectivity index (χ3n) is 4.96. The van der Waals surface area contributed by atoms with Gasteiger partial charge in [-0.15, -0.1) is 11.3 Å². The van der Waals surface area contributed by atoms with Gasteiger partial charge in [-0.2, -0.15) is 0 Å². The number of thiophene rings is 1. The molecule has 5 nitrogen and oxygen atoms in total. The third kappa shape index (κ3) is 3.90. The molecule has 2 aromatic heterocycles. The standard InChI is InChI=1S/C19H29N3O2S/c1-4-5-6-7-8-9-10-15-21-17-16(18(23)22(15)20)13-11-19(2,3)24-12-14(13)25-17/h4-12,20H2,1-3H3. The van der Waals surface area contributed by atoms with Crippen LogP contribution in [-0.2, 0) is 24.2 Å². The van der Waals surface area contributed by atoms with Crippen molar-refractivity contribution in [1.29, 1.82) is 0 Å². The maximum absolute atomic E-state index is 12.8. The third-order valence-corrected chi connectivity index (χ3v) is 6.06. The Morgan fingerprint density at radius 3 is 2.72 bits per heavy atom. The van der Waals surface area contributed by atoms with Gasteiger partial charge in [0.15, 0.2) is 0 Å². The number of nitrogens with two attached hydrogens (primary N) is 1. The van der Waals surface area contributed by atoms with Crippen LogP contribution in [0.4, 0.5) is 0 Å². The van der Waals surface area contributed by atoms with Gasteiger partial charge in [0.1, 0.15) is 10.7 Å². The Labute approximate surface area is 153 Å². The molecule has 0 aliphatic carbocycles. The number of hydrogen-bond donors (Lipinski definition) is 1. The zero-order chi connectivity index (χ0) is 18.0. The van der Waals surface area contributed by atoms with E-state index in [1.54, 1.807) is 11.3 Å². The van der Waals surface area contributed by atoms with Crippen LogP contribution in [0.2, 0.25) is 0 Å². The van der Waals surface area contributed by atoms with Crippen molar-refractivity contribution in [2.75, 3.05) is 5.84 Å². The highest BCUT2D eigenvalue weighted by molar-refractivity contribution is 7.18. The molecule has 0 amide bonds. The minimum atomic E-state index is -0.246. The van der Waals surface area contributed by atoms with Crippen molar-refractivity contribution in [2.24, 2.45) is 0 Å². The summed E-state index contributed by atoms with van der Waals surface area (Å²) in [5, 5.41) is 0.700. The van der Waals surface area contributed by atoms with Crippen LogP contribution in [0.5, 0.6) is 0 Å². The first kappa shape index (κ1) is 18.4.